The molecule has 1 amide bonds. The molecule has 3 heterocycles. The molecule has 0 radical (unpaired) electrons. The molecule has 0 saturated carbocycles. The fraction of sp³-hybridized carbons (Fsp3) is 0.250. The number of fused-ring (bicyclic) bond motifs is 1. The zero-order valence-electron chi connectivity index (χ0n) is 14.5. The van der Waals surface area contributed by atoms with E-state index in [1.165, 1.54) is 18.3 Å². The van der Waals surface area contributed by atoms with E-state index < -0.39 is 17.4 Å². The van der Waals surface area contributed by atoms with Crippen molar-refractivity contribution in [2.24, 2.45) is 0 Å². The van der Waals surface area contributed by atoms with Crippen molar-refractivity contribution in [1.82, 2.24) is 14.5 Å². The number of carbonyl (C=O) groups excluding carboxylic acids is 1. The molecule has 1 aromatic carbocycles. The lowest BCUT2D eigenvalue weighted by atomic mass is 9.89. The van der Waals surface area contributed by atoms with Gasteiger partial charge in [-0.1, -0.05) is 12.1 Å². The highest BCUT2D eigenvalue weighted by Gasteiger charge is 2.41. The first-order chi connectivity index (χ1) is 13.1. The number of nitrogens with one attached hydrogen (secondary N) is 1. The molecule has 0 fully saturated rings. The Labute approximate surface area is 155 Å². The highest BCUT2D eigenvalue weighted by atomic mass is 19.3. The van der Waals surface area contributed by atoms with Gasteiger partial charge in [-0.25, -0.2) is 4.98 Å². The molecule has 138 valence electrons. The summed E-state index contributed by atoms with van der Waals surface area (Å²) in [6.45, 7) is 0.962. The molecule has 1 aliphatic heterocycles. The zero-order valence-corrected chi connectivity index (χ0v) is 14.5. The van der Waals surface area contributed by atoms with E-state index in [4.69, 9.17) is 0 Å². The summed E-state index contributed by atoms with van der Waals surface area (Å²) in [5.41, 5.74) is 2.13. The molecule has 27 heavy (non-hydrogen) atoms. The average molecular weight is 368 g/mol. The van der Waals surface area contributed by atoms with Gasteiger partial charge in [0.25, 0.3) is 5.91 Å². The molecular formula is C20H18F2N4O. The first-order valence-electron chi connectivity index (χ1n) is 8.75. The van der Waals surface area contributed by atoms with E-state index in [1.807, 2.05) is 24.7 Å². The van der Waals surface area contributed by atoms with Gasteiger partial charge in [-0.15, -0.1) is 0 Å². The van der Waals surface area contributed by atoms with Gasteiger partial charge in [-0.2, -0.15) is 8.78 Å². The Balaban J connectivity index is 1.50. The largest absolute Gasteiger partial charge is 0.351 e. The molecule has 3 aromatic rings. The number of aromatic nitrogens is 3. The number of aryl methyl sites for hydroxylation is 1. The number of benzene rings is 1. The van der Waals surface area contributed by atoms with Crippen molar-refractivity contribution in [3.63, 3.8) is 0 Å². The number of amides is 1. The lowest BCUT2D eigenvalue weighted by Crippen LogP contribution is -2.32. The van der Waals surface area contributed by atoms with Crippen LogP contribution in [0, 0.1) is 0 Å². The van der Waals surface area contributed by atoms with E-state index in [1.54, 1.807) is 12.1 Å². The van der Waals surface area contributed by atoms with Crippen molar-refractivity contribution >= 4 is 11.6 Å². The number of alkyl halides is 2. The number of pyridine rings is 1. The number of imidazole rings is 1. The van der Waals surface area contributed by atoms with Crippen molar-refractivity contribution in [3.8, 4) is 0 Å². The van der Waals surface area contributed by atoms with Crippen LogP contribution in [-0.2, 0) is 17.3 Å². The summed E-state index contributed by atoms with van der Waals surface area (Å²) in [4.78, 5) is 19.9. The van der Waals surface area contributed by atoms with Crippen LogP contribution in [0.3, 0.4) is 0 Å². The maximum Gasteiger partial charge on any atom is 0.351 e. The molecule has 4 rings (SSSR count). The Morgan fingerprint density at radius 3 is 2.70 bits per heavy atom. The molecule has 0 saturated heterocycles. The lowest BCUT2D eigenvalue weighted by molar-refractivity contribution is -0.141. The summed E-state index contributed by atoms with van der Waals surface area (Å²) in [6, 6.07) is 9.60. The molecule has 1 aliphatic rings. The third kappa shape index (κ3) is 3.32. The van der Waals surface area contributed by atoms with Crippen LogP contribution in [0.25, 0.3) is 0 Å². The van der Waals surface area contributed by atoms with Gasteiger partial charge in [0.1, 0.15) is 0 Å². The number of rotatable bonds is 4. The number of hydrogen-bond acceptors (Lipinski definition) is 3. The molecule has 0 bridgehead atoms. The fourth-order valence-electron chi connectivity index (χ4n) is 3.45. The molecule has 0 aliphatic carbocycles. The van der Waals surface area contributed by atoms with Gasteiger partial charge in [0.15, 0.2) is 0 Å². The normalized spacial score (nSPS) is 16.6. The summed E-state index contributed by atoms with van der Waals surface area (Å²) in [6.07, 6.45) is 8.15. The van der Waals surface area contributed by atoms with E-state index in [-0.39, 0.29) is 5.92 Å². The quantitative estimate of drug-likeness (QED) is 0.759. The Morgan fingerprint density at radius 1 is 1.15 bits per heavy atom. The van der Waals surface area contributed by atoms with Crippen LogP contribution in [0.2, 0.25) is 0 Å². The summed E-state index contributed by atoms with van der Waals surface area (Å²) in [5, 5.41) is 2.29. The van der Waals surface area contributed by atoms with Crippen LogP contribution in [0.15, 0.2) is 61.3 Å². The van der Waals surface area contributed by atoms with E-state index in [2.05, 4.69) is 19.9 Å². The molecule has 0 spiro atoms. The van der Waals surface area contributed by atoms with Crippen LogP contribution in [0.4, 0.5) is 14.5 Å². The Morgan fingerprint density at radius 2 is 1.96 bits per heavy atom. The van der Waals surface area contributed by atoms with Crippen LogP contribution in [0.1, 0.15) is 35.6 Å². The maximum absolute atomic E-state index is 14.3. The Bertz CT molecular complexity index is 938. The zero-order chi connectivity index (χ0) is 18.9. The highest BCUT2D eigenvalue weighted by molar-refractivity contribution is 5.96. The van der Waals surface area contributed by atoms with Crippen molar-refractivity contribution < 1.29 is 13.6 Å². The number of nitrogens with zero attached hydrogens (tertiary/aromatic N) is 3. The van der Waals surface area contributed by atoms with Crippen molar-refractivity contribution in [2.45, 2.75) is 31.2 Å². The van der Waals surface area contributed by atoms with Crippen LogP contribution in [-0.4, -0.2) is 20.4 Å². The van der Waals surface area contributed by atoms with Gasteiger partial charge in [0, 0.05) is 48.0 Å². The molecule has 1 unspecified atom stereocenters. The first kappa shape index (κ1) is 17.3. The average Bonchev–Trinajstić information content (AvgIpc) is 3.18. The third-order valence-corrected chi connectivity index (χ3v) is 4.87. The van der Waals surface area contributed by atoms with Crippen molar-refractivity contribution in [1.29, 1.82) is 0 Å². The highest BCUT2D eigenvalue weighted by Crippen LogP contribution is 2.34. The monoisotopic (exact) mass is 368 g/mol. The lowest BCUT2D eigenvalue weighted by Gasteiger charge is -2.24. The minimum absolute atomic E-state index is 0.225. The topological polar surface area (TPSA) is 59.8 Å². The predicted molar refractivity (Wildman–Crippen MR) is 96.5 cm³/mol. The first-order valence-corrected chi connectivity index (χ1v) is 8.75. The fourth-order valence-corrected chi connectivity index (χ4v) is 3.45. The Hall–Kier alpha value is -3.09. The predicted octanol–water partition coefficient (Wildman–Crippen LogP) is 3.93. The van der Waals surface area contributed by atoms with Crippen LogP contribution < -0.4 is 5.32 Å². The molecular weight excluding hydrogens is 350 g/mol. The molecule has 1 atom stereocenters. The summed E-state index contributed by atoms with van der Waals surface area (Å²) in [5.74, 6) is -4.80. The number of anilines is 1. The van der Waals surface area contributed by atoms with Gasteiger partial charge in [0.2, 0.25) is 0 Å². The van der Waals surface area contributed by atoms with Gasteiger partial charge >= 0.3 is 5.92 Å². The van der Waals surface area contributed by atoms with Gasteiger partial charge in [0.05, 0.1) is 6.33 Å². The van der Waals surface area contributed by atoms with Crippen molar-refractivity contribution in [3.05, 3.63) is 78.1 Å². The summed E-state index contributed by atoms with van der Waals surface area (Å²) >= 11 is 0. The smallest absolute Gasteiger partial charge is 0.334 e. The SMILES string of the molecule is O=C(Nc1ccc(C2CCCn3cncc32)cc1)C(F)(F)c1cccnc1. The minimum atomic E-state index is -3.65. The van der Waals surface area contributed by atoms with Gasteiger partial charge in [-0.05, 0) is 42.7 Å². The van der Waals surface area contributed by atoms with Crippen LogP contribution in [0.5, 0.6) is 0 Å². The van der Waals surface area contributed by atoms with E-state index in [0.717, 1.165) is 36.8 Å². The van der Waals surface area contributed by atoms with Gasteiger partial charge < -0.3 is 9.88 Å². The Kier molecular flexibility index (Phi) is 4.43. The maximum atomic E-state index is 14.3. The second-order valence-electron chi connectivity index (χ2n) is 6.60. The van der Waals surface area contributed by atoms with E-state index in [9.17, 15) is 13.6 Å². The summed E-state index contributed by atoms with van der Waals surface area (Å²) < 4.78 is 30.7. The van der Waals surface area contributed by atoms with E-state index >= 15 is 0 Å². The van der Waals surface area contributed by atoms with E-state index in [0.29, 0.717) is 5.69 Å². The van der Waals surface area contributed by atoms with Gasteiger partial charge in [-0.3, -0.25) is 9.78 Å². The van der Waals surface area contributed by atoms with Crippen LogP contribution >= 0.6 is 0 Å². The number of hydrogen-bond donors (Lipinski definition) is 1. The number of carbonyl (C=O) groups is 1. The molecule has 7 heteroatoms. The minimum Gasteiger partial charge on any atom is -0.334 e. The molecule has 1 N–H and O–H groups in total. The molecule has 2 aromatic heterocycles. The number of halogens is 2. The third-order valence-electron chi connectivity index (χ3n) is 4.87. The second kappa shape index (κ2) is 6.90. The summed E-state index contributed by atoms with van der Waals surface area (Å²) in [7, 11) is 0. The molecule has 5 nitrogen and oxygen atoms in total. The van der Waals surface area contributed by atoms with Crippen molar-refractivity contribution in [2.75, 3.05) is 5.32 Å². The standard InChI is InChI=1S/C20H18F2N4O/c21-20(22,15-3-1-9-23-11-15)19(27)25-16-7-5-14(6-8-16)17-4-2-10-26-13-24-12-18(17)26/h1,3,5-9,11-13,17H,2,4,10H2,(H,25,27). The second-order valence-corrected chi connectivity index (χ2v) is 6.60.